The number of aromatic nitrogens is 1. The minimum absolute atomic E-state index is 0.430. The van der Waals surface area contributed by atoms with Crippen molar-refractivity contribution in [1.29, 1.82) is 0 Å². The number of fused-ring (bicyclic) bond motifs is 1. The first-order valence-electron chi connectivity index (χ1n) is 6.07. The lowest BCUT2D eigenvalue weighted by atomic mass is 10.2. The zero-order valence-electron chi connectivity index (χ0n) is 10.2. The van der Waals surface area contributed by atoms with E-state index in [4.69, 9.17) is 11.6 Å². The molecule has 1 heterocycles. The highest BCUT2D eigenvalue weighted by atomic mass is 35.5. The predicted octanol–water partition coefficient (Wildman–Crippen LogP) is 4.20. The molecule has 0 amide bonds. The van der Waals surface area contributed by atoms with Crippen LogP contribution in [-0.4, -0.2) is 22.5 Å². The smallest absolute Gasteiger partial charge is 0.139 e. The fourth-order valence-corrected chi connectivity index (χ4v) is 3.08. The van der Waals surface area contributed by atoms with Crippen LogP contribution in [0.5, 0.6) is 0 Å². The van der Waals surface area contributed by atoms with Crippen molar-refractivity contribution >= 4 is 40.0 Å². The maximum absolute atomic E-state index is 6.21. The SMILES string of the molecule is CSC1(CNc2cc3ccccc3c(Cl)n2)CC1. The van der Waals surface area contributed by atoms with E-state index in [-0.39, 0.29) is 0 Å². The van der Waals surface area contributed by atoms with Crippen molar-refractivity contribution in [1.82, 2.24) is 4.98 Å². The normalized spacial score (nSPS) is 16.8. The van der Waals surface area contributed by atoms with Gasteiger partial charge in [0.2, 0.25) is 0 Å². The van der Waals surface area contributed by atoms with Crippen LogP contribution in [0, 0.1) is 0 Å². The molecule has 4 heteroatoms. The lowest BCUT2D eigenvalue weighted by Gasteiger charge is -2.14. The summed E-state index contributed by atoms with van der Waals surface area (Å²) in [6.07, 6.45) is 4.76. The molecule has 1 saturated carbocycles. The van der Waals surface area contributed by atoms with Crippen LogP contribution in [0.3, 0.4) is 0 Å². The van der Waals surface area contributed by atoms with Crippen LogP contribution >= 0.6 is 23.4 Å². The number of nitrogens with one attached hydrogen (secondary N) is 1. The zero-order valence-corrected chi connectivity index (χ0v) is 11.8. The van der Waals surface area contributed by atoms with Crippen LogP contribution in [0.4, 0.5) is 5.82 Å². The maximum atomic E-state index is 6.21. The van der Waals surface area contributed by atoms with Gasteiger partial charge >= 0.3 is 0 Å². The highest BCUT2D eigenvalue weighted by Gasteiger charge is 2.41. The van der Waals surface area contributed by atoms with Gasteiger partial charge in [-0.25, -0.2) is 4.98 Å². The van der Waals surface area contributed by atoms with Gasteiger partial charge in [-0.15, -0.1) is 0 Å². The topological polar surface area (TPSA) is 24.9 Å². The first kappa shape index (κ1) is 12.1. The summed E-state index contributed by atoms with van der Waals surface area (Å²) in [4.78, 5) is 4.41. The third-order valence-electron chi connectivity index (χ3n) is 3.53. The lowest BCUT2D eigenvalue weighted by molar-refractivity contribution is 0.941. The summed E-state index contributed by atoms with van der Waals surface area (Å²) in [5.74, 6) is 0.874. The first-order chi connectivity index (χ1) is 8.72. The Labute approximate surface area is 116 Å². The summed E-state index contributed by atoms with van der Waals surface area (Å²) >= 11 is 8.15. The molecular formula is C14H15ClN2S. The Kier molecular flexibility index (Phi) is 3.12. The molecule has 0 bridgehead atoms. The summed E-state index contributed by atoms with van der Waals surface area (Å²) in [6, 6.07) is 10.1. The predicted molar refractivity (Wildman–Crippen MR) is 80.7 cm³/mol. The minimum atomic E-state index is 0.430. The van der Waals surface area contributed by atoms with Gasteiger partial charge < -0.3 is 5.32 Å². The summed E-state index contributed by atoms with van der Waals surface area (Å²) < 4.78 is 0.430. The number of halogens is 1. The zero-order chi connectivity index (χ0) is 12.6. The van der Waals surface area contributed by atoms with Crippen LogP contribution in [0.25, 0.3) is 10.8 Å². The number of nitrogens with zero attached hydrogens (tertiary/aromatic N) is 1. The minimum Gasteiger partial charge on any atom is -0.369 e. The number of thioether (sulfide) groups is 1. The molecule has 0 aliphatic heterocycles. The molecule has 94 valence electrons. The fraction of sp³-hybridized carbons (Fsp3) is 0.357. The number of benzene rings is 1. The Morgan fingerprint density at radius 3 is 2.89 bits per heavy atom. The van der Waals surface area contributed by atoms with E-state index < -0.39 is 0 Å². The van der Waals surface area contributed by atoms with Crippen LogP contribution in [0.2, 0.25) is 5.15 Å². The molecule has 0 radical (unpaired) electrons. The average molecular weight is 279 g/mol. The van der Waals surface area contributed by atoms with Crippen molar-refractivity contribution in [2.45, 2.75) is 17.6 Å². The molecule has 1 aliphatic rings. The Balaban J connectivity index is 1.84. The molecule has 0 unspecified atom stereocenters. The summed E-state index contributed by atoms with van der Waals surface area (Å²) in [5.41, 5.74) is 0. The van der Waals surface area contributed by atoms with Crippen LogP contribution in [-0.2, 0) is 0 Å². The van der Waals surface area contributed by atoms with E-state index in [1.807, 2.05) is 30.0 Å². The standard InChI is InChI=1S/C14H15ClN2S/c1-18-14(6-7-14)9-16-12-8-10-4-2-3-5-11(10)13(15)17-12/h2-5,8H,6-7,9H2,1H3,(H,16,17). The van der Waals surface area contributed by atoms with Crippen LogP contribution in [0.1, 0.15) is 12.8 Å². The molecule has 1 N–H and O–H groups in total. The van der Waals surface area contributed by atoms with E-state index in [0.29, 0.717) is 9.90 Å². The Bertz CT molecular complexity index is 581. The molecule has 18 heavy (non-hydrogen) atoms. The molecule has 1 aliphatic carbocycles. The van der Waals surface area contributed by atoms with E-state index >= 15 is 0 Å². The van der Waals surface area contributed by atoms with E-state index in [0.717, 1.165) is 23.1 Å². The quantitative estimate of drug-likeness (QED) is 0.849. The second kappa shape index (κ2) is 4.63. The number of rotatable bonds is 4. The Morgan fingerprint density at radius 2 is 2.17 bits per heavy atom. The number of pyridine rings is 1. The van der Waals surface area contributed by atoms with E-state index in [9.17, 15) is 0 Å². The number of hydrogen-bond donors (Lipinski definition) is 1. The van der Waals surface area contributed by atoms with Crippen LogP contribution in [0.15, 0.2) is 30.3 Å². The molecule has 0 atom stereocenters. The average Bonchev–Trinajstić information content (AvgIpc) is 3.17. The summed E-state index contributed by atoms with van der Waals surface area (Å²) in [7, 11) is 0. The van der Waals surface area contributed by atoms with Crippen molar-refractivity contribution in [3.05, 3.63) is 35.5 Å². The van der Waals surface area contributed by atoms with Gasteiger partial charge in [-0.3, -0.25) is 0 Å². The third kappa shape index (κ3) is 2.29. The Hall–Kier alpha value is -0.930. The van der Waals surface area contributed by atoms with Gasteiger partial charge in [-0.05, 0) is 30.6 Å². The summed E-state index contributed by atoms with van der Waals surface area (Å²) in [6.45, 7) is 0.968. The third-order valence-corrected chi connectivity index (χ3v) is 5.23. The largest absolute Gasteiger partial charge is 0.369 e. The molecule has 2 aromatic rings. The highest BCUT2D eigenvalue weighted by Crippen LogP contribution is 2.47. The molecule has 0 saturated heterocycles. The molecule has 0 spiro atoms. The first-order valence-corrected chi connectivity index (χ1v) is 7.67. The molecule has 1 aromatic carbocycles. The van der Waals surface area contributed by atoms with Gasteiger partial charge in [0.15, 0.2) is 0 Å². The molecule has 1 fully saturated rings. The second-order valence-electron chi connectivity index (χ2n) is 4.76. The van der Waals surface area contributed by atoms with E-state index in [2.05, 4.69) is 28.7 Å². The van der Waals surface area contributed by atoms with Gasteiger partial charge in [0, 0.05) is 16.7 Å². The van der Waals surface area contributed by atoms with Crippen molar-refractivity contribution in [3.63, 3.8) is 0 Å². The van der Waals surface area contributed by atoms with Gasteiger partial charge in [0.25, 0.3) is 0 Å². The fourth-order valence-electron chi connectivity index (χ4n) is 2.09. The van der Waals surface area contributed by atoms with Gasteiger partial charge in [-0.1, -0.05) is 35.9 Å². The van der Waals surface area contributed by atoms with Gasteiger partial charge in [0.1, 0.15) is 11.0 Å². The van der Waals surface area contributed by atoms with Crippen molar-refractivity contribution in [2.24, 2.45) is 0 Å². The van der Waals surface area contributed by atoms with Crippen molar-refractivity contribution in [2.75, 3.05) is 18.1 Å². The highest BCUT2D eigenvalue weighted by molar-refractivity contribution is 8.00. The Morgan fingerprint density at radius 1 is 1.39 bits per heavy atom. The number of hydrogen-bond acceptors (Lipinski definition) is 3. The van der Waals surface area contributed by atoms with Crippen LogP contribution < -0.4 is 5.32 Å². The van der Waals surface area contributed by atoms with E-state index in [1.54, 1.807) is 0 Å². The number of anilines is 1. The monoisotopic (exact) mass is 278 g/mol. The second-order valence-corrected chi connectivity index (χ2v) is 6.39. The van der Waals surface area contributed by atoms with Crippen molar-refractivity contribution < 1.29 is 0 Å². The molecule has 3 rings (SSSR count). The van der Waals surface area contributed by atoms with Gasteiger partial charge in [0.05, 0.1) is 0 Å². The van der Waals surface area contributed by atoms with Gasteiger partial charge in [-0.2, -0.15) is 11.8 Å². The maximum Gasteiger partial charge on any atom is 0.139 e. The molecule has 1 aromatic heterocycles. The molecule has 2 nitrogen and oxygen atoms in total. The van der Waals surface area contributed by atoms with E-state index in [1.165, 1.54) is 12.8 Å². The molecular weight excluding hydrogens is 264 g/mol. The van der Waals surface area contributed by atoms with Crippen molar-refractivity contribution in [3.8, 4) is 0 Å². The lowest BCUT2D eigenvalue weighted by Crippen LogP contribution is -2.18. The summed E-state index contributed by atoms with van der Waals surface area (Å²) in [5, 5.41) is 6.13.